The van der Waals surface area contributed by atoms with Crippen molar-refractivity contribution < 1.29 is 23.7 Å². The molecule has 4 rings (SSSR count). The molecule has 2 saturated heterocycles. The second-order valence-corrected chi connectivity index (χ2v) is 7.41. The van der Waals surface area contributed by atoms with Gasteiger partial charge < -0.3 is 23.7 Å². The van der Waals surface area contributed by atoms with Crippen LogP contribution < -0.4 is 0 Å². The number of benzene rings is 2. The Morgan fingerprint density at radius 3 is 2.15 bits per heavy atom. The summed E-state index contributed by atoms with van der Waals surface area (Å²) in [5, 5.41) is 0. The van der Waals surface area contributed by atoms with E-state index in [0.717, 1.165) is 11.1 Å². The van der Waals surface area contributed by atoms with Crippen molar-refractivity contribution in [2.45, 2.75) is 57.5 Å². The van der Waals surface area contributed by atoms with E-state index in [1.165, 1.54) is 0 Å². The molecule has 0 N–H and O–H groups in total. The van der Waals surface area contributed by atoms with Gasteiger partial charge in [0.1, 0.15) is 18.3 Å². The Balaban J connectivity index is 1.38. The fourth-order valence-corrected chi connectivity index (χ4v) is 3.52. The lowest BCUT2D eigenvalue weighted by Gasteiger charge is -2.26. The minimum Gasteiger partial charge on any atom is -0.374 e. The van der Waals surface area contributed by atoms with Crippen LogP contribution in [-0.4, -0.2) is 37.0 Å². The van der Waals surface area contributed by atoms with Gasteiger partial charge in [0.2, 0.25) is 0 Å². The van der Waals surface area contributed by atoms with E-state index >= 15 is 0 Å². The Bertz CT molecular complexity index is 718. The molecule has 27 heavy (non-hydrogen) atoms. The summed E-state index contributed by atoms with van der Waals surface area (Å²) in [5.74, 6) is -0.667. The molecule has 0 unspecified atom stereocenters. The van der Waals surface area contributed by atoms with Crippen LogP contribution in [0.2, 0.25) is 0 Å². The largest absolute Gasteiger partial charge is 0.374 e. The predicted molar refractivity (Wildman–Crippen MR) is 99.8 cm³/mol. The minimum atomic E-state index is -0.667. The van der Waals surface area contributed by atoms with Crippen molar-refractivity contribution in [2.75, 3.05) is 6.61 Å². The summed E-state index contributed by atoms with van der Waals surface area (Å²) in [5.41, 5.74) is 2.24. The molecule has 0 amide bonds. The van der Waals surface area contributed by atoms with Gasteiger partial charge in [0.05, 0.1) is 19.8 Å². The zero-order valence-corrected chi connectivity index (χ0v) is 15.7. The summed E-state index contributed by atoms with van der Waals surface area (Å²) in [7, 11) is 0. The normalized spacial score (nSPS) is 29.0. The van der Waals surface area contributed by atoms with Gasteiger partial charge in [0, 0.05) is 0 Å². The zero-order chi connectivity index (χ0) is 18.7. The van der Waals surface area contributed by atoms with Crippen molar-refractivity contribution in [1.29, 1.82) is 0 Å². The van der Waals surface area contributed by atoms with Crippen LogP contribution >= 0.6 is 0 Å². The molecule has 2 aromatic rings. The van der Waals surface area contributed by atoms with Crippen LogP contribution in [0.25, 0.3) is 0 Å². The molecule has 0 aromatic heterocycles. The van der Waals surface area contributed by atoms with Crippen molar-refractivity contribution in [3.05, 3.63) is 71.8 Å². The fourth-order valence-electron chi connectivity index (χ4n) is 3.52. The Labute approximate surface area is 160 Å². The van der Waals surface area contributed by atoms with Gasteiger partial charge in [-0.3, -0.25) is 0 Å². The van der Waals surface area contributed by atoms with Crippen LogP contribution in [0.4, 0.5) is 0 Å². The number of hydrogen-bond donors (Lipinski definition) is 0. The average Bonchev–Trinajstić information content (AvgIpc) is 3.13. The highest BCUT2D eigenvalue weighted by atomic mass is 16.8. The second-order valence-electron chi connectivity index (χ2n) is 7.41. The van der Waals surface area contributed by atoms with E-state index in [4.69, 9.17) is 23.7 Å². The summed E-state index contributed by atoms with van der Waals surface area (Å²) < 4.78 is 30.1. The monoisotopic (exact) mass is 370 g/mol. The van der Waals surface area contributed by atoms with E-state index in [2.05, 4.69) is 0 Å². The first-order chi connectivity index (χ1) is 13.1. The maximum absolute atomic E-state index is 6.20. The highest BCUT2D eigenvalue weighted by Gasteiger charge is 2.55. The quantitative estimate of drug-likeness (QED) is 0.744. The van der Waals surface area contributed by atoms with Crippen molar-refractivity contribution in [2.24, 2.45) is 0 Å². The van der Waals surface area contributed by atoms with E-state index in [9.17, 15) is 0 Å². The van der Waals surface area contributed by atoms with Gasteiger partial charge in [0.25, 0.3) is 0 Å². The lowest BCUT2D eigenvalue weighted by molar-refractivity contribution is -0.225. The molecule has 2 aliphatic heterocycles. The topological polar surface area (TPSA) is 46.2 Å². The van der Waals surface area contributed by atoms with Gasteiger partial charge in [-0.25, -0.2) is 0 Å². The first-order valence-electron chi connectivity index (χ1n) is 9.39. The third kappa shape index (κ3) is 4.57. The Morgan fingerprint density at radius 2 is 1.48 bits per heavy atom. The molecule has 2 fully saturated rings. The van der Waals surface area contributed by atoms with Gasteiger partial charge in [-0.2, -0.15) is 0 Å². The molecule has 0 spiro atoms. The molecule has 4 atom stereocenters. The Hall–Kier alpha value is -1.76. The minimum absolute atomic E-state index is 0.233. The van der Waals surface area contributed by atoms with Crippen LogP contribution in [0.15, 0.2) is 60.7 Å². The van der Waals surface area contributed by atoms with Crippen molar-refractivity contribution in [3.63, 3.8) is 0 Å². The summed E-state index contributed by atoms with van der Waals surface area (Å²) in [6.07, 6.45) is -1.16. The molecule has 2 aliphatic rings. The molecule has 0 aliphatic carbocycles. The molecule has 0 saturated carbocycles. The third-order valence-electron chi connectivity index (χ3n) is 4.77. The zero-order valence-electron chi connectivity index (χ0n) is 15.7. The summed E-state index contributed by atoms with van der Waals surface area (Å²) >= 11 is 0. The van der Waals surface area contributed by atoms with E-state index < -0.39 is 12.1 Å². The first kappa shape index (κ1) is 18.6. The summed E-state index contributed by atoms with van der Waals surface area (Å²) in [6.45, 7) is 5.24. The maximum atomic E-state index is 6.20. The van der Waals surface area contributed by atoms with Crippen LogP contribution in [0.5, 0.6) is 0 Å². The molecular formula is C22H26O5. The summed E-state index contributed by atoms with van der Waals surface area (Å²) in [6, 6.07) is 20.2. The fraction of sp³-hybridized carbons (Fsp3) is 0.455. The Kier molecular flexibility index (Phi) is 5.57. The van der Waals surface area contributed by atoms with E-state index in [1.807, 2.05) is 74.5 Å². The number of ether oxygens (including phenoxy) is 5. The highest BCUT2D eigenvalue weighted by Crippen LogP contribution is 2.39. The van der Waals surface area contributed by atoms with Crippen LogP contribution in [0.3, 0.4) is 0 Å². The smallest absolute Gasteiger partial charge is 0.190 e. The van der Waals surface area contributed by atoms with Gasteiger partial charge in [-0.1, -0.05) is 60.7 Å². The van der Waals surface area contributed by atoms with Crippen LogP contribution in [-0.2, 0) is 36.9 Å². The number of rotatable bonds is 7. The summed E-state index contributed by atoms with van der Waals surface area (Å²) in [4.78, 5) is 0. The Morgan fingerprint density at radius 1 is 0.852 bits per heavy atom. The third-order valence-corrected chi connectivity index (χ3v) is 4.77. The molecule has 0 bridgehead atoms. The SMILES string of the molecule is CC1(C)O[C@@H]2O[C@@H](COCc3ccccc3)[C@H](OCc3ccccc3)[C@H]2O1. The molecule has 5 heteroatoms. The van der Waals surface area contributed by atoms with Crippen molar-refractivity contribution in [1.82, 2.24) is 0 Å². The second kappa shape index (κ2) is 8.09. The van der Waals surface area contributed by atoms with Crippen LogP contribution in [0, 0.1) is 0 Å². The van der Waals surface area contributed by atoms with Gasteiger partial charge in [0.15, 0.2) is 12.1 Å². The molecule has 2 aromatic carbocycles. The number of hydrogen-bond acceptors (Lipinski definition) is 5. The van der Waals surface area contributed by atoms with E-state index in [0.29, 0.717) is 19.8 Å². The maximum Gasteiger partial charge on any atom is 0.190 e. The predicted octanol–water partition coefficient (Wildman–Crippen LogP) is 3.67. The molecule has 0 radical (unpaired) electrons. The van der Waals surface area contributed by atoms with Crippen molar-refractivity contribution in [3.8, 4) is 0 Å². The highest BCUT2D eigenvalue weighted by molar-refractivity contribution is 5.14. The molecule has 2 heterocycles. The molecular weight excluding hydrogens is 344 g/mol. The number of fused-ring (bicyclic) bond motifs is 1. The lowest BCUT2D eigenvalue weighted by atomic mass is 10.1. The van der Waals surface area contributed by atoms with Crippen LogP contribution in [0.1, 0.15) is 25.0 Å². The van der Waals surface area contributed by atoms with Crippen molar-refractivity contribution >= 4 is 0 Å². The molecule has 144 valence electrons. The van der Waals surface area contributed by atoms with E-state index in [-0.39, 0.29) is 18.3 Å². The lowest BCUT2D eigenvalue weighted by Crippen LogP contribution is -2.38. The standard InChI is InChI=1S/C22H26O5/c1-22(2)26-20-19(24-14-17-11-7-4-8-12-17)18(25-21(20)27-22)15-23-13-16-9-5-3-6-10-16/h3-12,18-21H,13-15H2,1-2H3/t18-,19-,20+,21-/m0/s1. The van der Waals surface area contributed by atoms with Gasteiger partial charge in [-0.15, -0.1) is 0 Å². The first-order valence-corrected chi connectivity index (χ1v) is 9.39. The van der Waals surface area contributed by atoms with Gasteiger partial charge in [-0.05, 0) is 25.0 Å². The molecule has 5 nitrogen and oxygen atoms in total. The van der Waals surface area contributed by atoms with E-state index in [1.54, 1.807) is 0 Å². The average molecular weight is 370 g/mol. The van der Waals surface area contributed by atoms with Gasteiger partial charge >= 0.3 is 0 Å².